The van der Waals surface area contributed by atoms with Crippen LogP contribution in [0.25, 0.3) is 0 Å². The summed E-state index contributed by atoms with van der Waals surface area (Å²) in [6.07, 6.45) is 9.04. The number of hydrogen-bond acceptors (Lipinski definition) is 2. The predicted molar refractivity (Wildman–Crippen MR) is 69.5 cm³/mol. The van der Waals surface area contributed by atoms with Gasteiger partial charge < -0.3 is 10.4 Å². The summed E-state index contributed by atoms with van der Waals surface area (Å²) in [6.45, 7) is 8.60. The SMILES string of the molecule is C=CCCC(C)NCC(C)(O)C1CCCC1. The quantitative estimate of drug-likeness (QED) is 0.653. The van der Waals surface area contributed by atoms with Gasteiger partial charge in [-0.2, -0.15) is 0 Å². The summed E-state index contributed by atoms with van der Waals surface area (Å²) in [6, 6.07) is 0.464. The maximum Gasteiger partial charge on any atom is 0.0771 e. The van der Waals surface area contributed by atoms with Crippen LogP contribution in [-0.4, -0.2) is 23.3 Å². The molecule has 0 aromatic rings. The Hall–Kier alpha value is -0.340. The highest BCUT2D eigenvalue weighted by Crippen LogP contribution is 2.33. The van der Waals surface area contributed by atoms with Gasteiger partial charge in [-0.05, 0) is 45.4 Å². The van der Waals surface area contributed by atoms with Gasteiger partial charge in [0, 0.05) is 12.6 Å². The minimum Gasteiger partial charge on any atom is -0.389 e. The first-order valence-corrected chi connectivity index (χ1v) is 6.63. The summed E-state index contributed by atoms with van der Waals surface area (Å²) in [5.41, 5.74) is -0.529. The molecule has 94 valence electrons. The van der Waals surface area contributed by atoms with Gasteiger partial charge in [0.15, 0.2) is 0 Å². The van der Waals surface area contributed by atoms with E-state index in [0.29, 0.717) is 12.0 Å². The third-order valence-corrected chi connectivity index (χ3v) is 3.85. The highest BCUT2D eigenvalue weighted by atomic mass is 16.3. The highest BCUT2D eigenvalue weighted by Gasteiger charge is 2.33. The molecule has 0 saturated heterocycles. The van der Waals surface area contributed by atoms with Crippen molar-refractivity contribution in [3.63, 3.8) is 0 Å². The molecule has 0 aromatic carbocycles. The lowest BCUT2D eigenvalue weighted by Crippen LogP contribution is -2.46. The lowest BCUT2D eigenvalue weighted by atomic mass is 9.87. The van der Waals surface area contributed by atoms with Gasteiger partial charge in [0.1, 0.15) is 0 Å². The summed E-state index contributed by atoms with van der Waals surface area (Å²) >= 11 is 0. The lowest BCUT2D eigenvalue weighted by molar-refractivity contribution is 0.000391. The molecule has 0 aliphatic heterocycles. The van der Waals surface area contributed by atoms with Crippen molar-refractivity contribution in [1.29, 1.82) is 0 Å². The Balaban J connectivity index is 2.26. The Morgan fingerprint density at radius 2 is 2.12 bits per heavy atom. The van der Waals surface area contributed by atoms with E-state index < -0.39 is 5.60 Å². The summed E-state index contributed by atoms with van der Waals surface area (Å²) in [5, 5.41) is 13.8. The maximum absolute atomic E-state index is 10.4. The van der Waals surface area contributed by atoms with Crippen LogP contribution in [0.2, 0.25) is 0 Å². The third-order valence-electron chi connectivity index (χ3n) is 3.85. The van der Waals surface area contributed by atoms with E-state index >= 15 is 0 Å². The van der Waals surface area contributed by atoms with Crippen molar-refractivity contribution in [2.75, 3.05) is 6.54 Å². The normalized spacial score (nSPS) is 22.9. The zero-order chi connectivity index (χ0) is 12.0. The van der Waals surface area contributed by atoms with E-state index in [1.54, 1.807) is 0 Å². The molecule has 2 N–H and O–H groups in total. The van der Waals surface area contributed by atoms with E-state index in [1.165, 1.54) is 25.7 Å². The topological polar surface area (TPSA) is 32.3 Å². The molecule has 16 heavy (non-hydrogen) atoms. The Morgan fingerprint density at radius 3 is 2.69 bits per heavy atom. The van der Waals surface area contributed by atoms with E-state index in [2.05, 4.69) is 18.8 Å². The molecule has 0 radical (unpaired) electrons. The van der Waals surface area contributed by atoms with Crippen LogP contribution < -0.4 is 5.32 Å². The van der Waals surface area contributed by atoms with Crippen LogP contribution in [-0.2, 0) is 0 Å². The third kappa shape index (κ3) is 4.26. The fourth-order valence-electron chi connectivity index (χ4n) is 2.54. The maximum atomic E-state index is 10.4. The lowest BCUT2D eigenvalue weighted by Gasteiger charge is -2.31. The Morgan fingerprint density at radius 1 is 1.50 bits per heavy atom. The molecule has 0 heterocycles. The molecule has 2 heteroatoms. The molecule has 0 spiro atoms. The molecular formula is C14H27NO. The highest BCUT2D eigenvalue weighted by molar-refractivity contribution is 4.88. The van der Waals surface area contributed by atoms with Gasteiger partial charge in [0.25, 0.3) is 0 Å². The second kappa shape index (κ2) is 6.41. The molecule has 1 rings (SSSR count). The Bertz CT molecular complexity index is 207. The van der Waals surface area contributed by atoms with Crippen LogP contribution in [0.15, 0.2) is 12.7 Å². The van der Waals surface area contributed by atoms with Gasteiger partial charge in [-0.25, -0.2) is 0 Å². The van der Waals surface area contributed by atoms with Gasteiger partial charge in [0.05, 0.1) is 5.60 Å². The van der Waals surface area contributed by atoms with Gasteiger partial charge in [0.2, 0.25) is 0 Å². The first-order chi connectivity index (χ1) is 7.56. The number of aliphatic hydroxyl groups is 1. The minimum absolute atomic E-state index is 0.464. The monoisotopic (exact) mass is 225 g/mol. The van der Waals surface area contributed by atoms with Crippen LogP contribution >= 0.6 is 0 Å². The molecule has 1 saturated carbocycles. The summed E-state index contributed by atoms with van der Waals surface area (Å²) < 4.78 is 0. The smallest absolute Gasteiger partial charge is 0.0771 e. The minimum atomic E-state index is -0.529. The molecule has 1 aliphatic rings. The molecule has 2 nitrogen and oxygen atoms in total. The standard InChI is InChI=1S/C14H27NO/c1-4-5-8-12(2)15-11-14(3,16)13-9-6-7-10-13/h4,12-13,15-16H,1,5-11H2,2-3H3. The number of rotatable bonds is 7. The van der Waals surface area contributed by atoms with Crippen molar-refractivity contribution in [3.05, 3.63) is 12.7 Å². The predicted octanol–water partition coefficient (Wildman–Crippen LogP) is 2.87. The van der Waals surface area contributed by atoms with Gasteiger partial charge in [-0.1, -0.05) is 18.9 Å². The molecule has 0 bridgehead atoms. The van der Waals surface area contributed by atoms with Crippen molar-refractivity contribution in [3.8, 4) is 0 Å². The van der Waals surface area contributed by atoms with E-state index in [9.17, 15) is 5.11 Å². The van der Waals surface area contributed by atoms with E-state index in [-0.39, 0.29) is 0 Å². The summed E-state index contributed by atoms with van der Waals surface area (Å²) in [4.78, 5) is 0. The number of nitrogens with one attached hydrogen (secondary N) is 1. The van der Waals surface area contributed by atoms with Gasteiger partial charge >= 0.3 is 0 Å². The van der Waals surface area contributed by atoms with E-state index in [4.69, 9.17) is 0 Å². The molecular weight excluding hydrogens is 198 g/mol. The van der Waals surface area contributed by atoms with Crippen LogP contribution in [0, 0.1) is 5.92 Å². The largest absolute Gasteiger partial charge is 0.389 e. The van der Waals surface area contributed by atoms with Crippen molar-refractivity contribution < 1.29 is 5.11 Å². The Labute approximate surface area is 100 Å². The van der Waals surface area contributed by atoms with E-state index in [0.717, 1.165) is 19.4 Å². The van der Waals surface area contributed by atoms with E-state index in [1.807, 2.05) is 13.0 Å². The van der Waals surface area contributed by atoms with Crippen LogP contribution in [0.3, 0.4) is 0 Å². The second-order valence-corrected chi connectivity index (χ2v) is 5.49. The zero-order valence-corrected chi connectivity index (χ0v) is 10.8. The summed E-state index contributed by atoms with van der Waals surface area (Å²) in [5.74, 6) is 0.492. The van der Waals surface area contributed by atoms with Gasteiger partial charge in [-0.3, -0.25) is 0 Å². The van der Waals surface area contributed by atoms with Crippen molar-refractivity contribution >= 4 is 0 Å². The average molecular weight is 225 g/mol. The zero-order valence-electron chi connectivity index (χ0n) is 10.8. The fraction of sp³-hybridized carbons (Fsp3) is 0.857. The van der Waals surface area contributed by atoms with Crippen molar-refractivity contribution in [1.82, 2.24) is 5.32 Å². The first-order valence-electron chi connectivity index (χ1n) is 6.63. The van der Waals surface area contributed by atoms with Gasteiger partial charge in [-0.15, -0.1) is 6.58 Å². The average Bonchev–Trinajstić information content (AvgIpc) is 2.77. The molecule has 0 amide bonds. The Kier molecular flexibility index (Phi) is 5.50. The van der Waals surface area contributed by atoms with Crippen LogP contribution in [0.4, 0.5) is 0 Å². The van der Waals surface area contributed by atoms with Crippen molar-refractivity contribution in [2.45, 2.75) is 64.0 Å². The number of hydrogen-bond donors (Lipinski definition) is 2. The number of allylic oxidation sites excluding steroid dienone is 1. The first kappa shape index (κ1) is 13.7. The van der Waals surface area contributed by atoms with Crippen LogP contribution in [0.1, 0.15) is 52.4 Å². The molecule has 1 aliphatic carbocycles. The molecule has 1 fully saturated rings. The van der Waals surface area contributed by atoms with Crippen LogP contribution in [0.5, 0.6) is 0 Å². The molecule has 2 atom stereocenters. The molecule has 0 aromatic heterocycles. The summed E-state index contributed by atoms with van der Waals surface area (Å²) in [7, 11) is 0. The second-order valence-electron chi connectivity index (χ2n) is 5.49. The molecule has 2 unspecified atom stereocenters. The fourth-order valence-corrected chi connectivity index (χ4v) is 2.54. The van der Waals surface area contributed by atoms with Crippen molar-refractivity contribution in [2.24, 2.45) is 5.92 Å².